The highest BCUT2D eigenvalue weighted by Gasteiger charge is 2.39. The van der Waals surface area contributed by atoms with E-state index >= 15 is 0 Å². The number of allylic oxidation sites excluding steroid dienone is 1. The molecule has 0 N–H and O–H groups in total. The van der Waals surface area contributed by atoms with Gasteiger partial charge in [0.15, 0.2) is 20.8 Å². The molecule has 4 rings (SSSR count). The summed E-state index contributed by atoms with van der Waals surface area (Å²) in [7, 11) is -3.06. The highest BCUT2D eigenvalue weighted by Crippen LogP contribution is 2.31. The molecule has 7 nitrogen and oxygen atoms in total. The van der Waals surface area contributed by atoms with E-state index in [4.69, 9.17) is 11.6 Å². The van der Waals surface area contributed by atoms with E-state index < -0.39 is 9.84 Å². The number of hydrogen-bond donors (Lipinski definition) is 0. The maximum Gasteiger partial charge on any atom is 0.233 e. The molecule has 1 atom stereocenters. The van der Waals surface area contributed by atoms with E-state index in [1.54, 1.807) is 18.2 Å². The lowest BCUT2D eigenvalue weighted by molar-refractivity contribution is -0.132. The monoisotopic (exact) mass is 494 g/mol. The normalized spacial score (nSPS) is 20.5. The Hall–Kier alpha value is -1.84. The lowest BCUT2D eigenvalue weighted by atomic mass is 10.1. The minimum atomic E-state index is -3.06. The molecule has 10 heteroatoms. The summed E-state index contributed by atoms with van der Waals surface area (Å²) in [4.78, 5) is 15.2. The van der Waals surface area contributed by atoms with Crippen LogP contribution in [-0.4, -0.2) is 63.3 Å². The van der Waals surface area contributed by atoms with Crippen LogP contribution in [0.4, 0.5) is 0 Å². The third kappa shape index (κ3) is 5.21. The number of carbonyl (C=O) groups is 1. The maximum absolute atomic E-state index is 13.3. The van der Waals surface area contributed by atoms with Crippen LogP contribution in [0, 0.1) is 0 Å². The summed E-state index contributed by atoms with van der Waals surface area (Å²) in [5, 5.41) is 9.92. The zero-order valence-electron chi connectivity index (χ0n) is 17.8. The van der Waals surface area contributed by atoms with Crippen LogP contribution < -0.4 is 0 Å². The molecule has 1 aromatic heterocycles. The largest absolute Gasteiger partial charge is 0.335 e. The second-order valence-electron chi connectivity index (χ2n) is 8.30. The molecule has 1 saturated carbocycles. The van der Waals surface area contributed by atoms with Crippen molar-refractivity contribution < 1.29 is 13.2 Å². The Morgan fingerprint density at radius 3 is 2.53 bits per heavy atom. The predicted molar refractivity (Wildman–Crippen MR) is 128 cm³/mol. The molecular formula is C22H27ClN4O3S2. The lowest BCUT2D eigenvalue weighted by Gasteiger charge is -2.34. The zero-order valence-corrected chi connectivity index (χ0v) is 20.2. The van der Waals surface area contributed by atoms with E-state index in [-0.39, 0.29) is 35.2 Å². The standard InChI is InChI=1S/C22H27ClN4O3S2/c1-2-12-26-21(16-7-9-17(23)10-8-16)24-25-22(26)31-14-20(28)27(18-5-3-4-6-18)19-11-13-32(29,30)15-19/h2,7-10,18-19H,1,3-6,11-15H2. The number of carbonyl (C=O) groups excluding carboxylic acids is 1. The maximum atomic E-state index is 13.3. The number of rotatable bonds is 8. The first-order chi connectivity index (χ1) is 15.4. The van der Waals surface area contributed by atoms with Gasteiger partial charge >= 0.3 is 0 Å². The number of aromatic nitrogens is 3. The van der Waals surface area contributed by atoms with Crippen LogP contribution in [0.15, 0.2) is 42.1 Å². The first kappa shape index (κ1) is 23.3. The quantitative estimate of drug-likeness (QED) is 0.409. The van der Waals surface area contributed by atoms with Crippen molar-refractivity contribution in [3.05, 3.63) is 41.9 Å². The molecule has 1 aromatic carbocycles. The summed E-state index contributed by atoms with van der Waals surface area (Å²) in [6.45, 7) is 4.34. The van der Waals surface area contributed by atoms with Crippen molar-refractivity contribution in [3.8, 4) is 11.4 Å². The summed E-state index contributed by atoms with van der Waals surface area (Å²) in [5.41, 5.74) is 0.880. The Balaban J connectivity index is 1.51. The Kier molecular flexibility index (Phi) is 7.27. The van der Waals surface area contributed by atoms with Gasteiger partial charge in [-0.2, -0.15) is 0 Å². The average molecular weight is 495 g/mol. The third-order valence-corrected chi connectivity index (χ3v) is 9.02. The molecule has 0 radical (unpaired) electrons. The van der Waals surface area contributed by atoms with Crippen LogP contribution in [0.2, 0.25) is 5.02 Å². The molecule has 1 aliphatic carbocycles. The molecule has 1 unspecified atom stereocenters. The van der Waals surface area contributed by atoms with E-state index in [0.29, 0.717) is 29.0 Å². The number of amides is 1. The second kappa shape index (κ2) is 9.97. The van der Waals surface area contributed by atoms with E-state index in [1.807, 2.05) is 21.6 Å². The van der Waals surface area contributed by atoms with Gasteiger partial charge in [0, 0.05) is 29.2 Å². The van der Waals surface area contributed by atoms with Crippen molar-refractivity contribution in [2.75, 3.05) is 17.3 Å². The van der Waals surface area contributed by atoms with Crippen molar-refractivity contribution in [1.29, 1.82) is 0 Å². The van der Waals surface area contributed by atoms with Crippen LogP contribution >= 0.6 is 23.4 Å². The molecule has 172 valence electrons. The Labute approximate surface area is 198 Å². The third-order valence-electron chi connectivity index (χ3n) is 6.06. The van der Waals surface area contributed by atoms with Crippen molar-refractivity contribution in [2.45, 2.75) is 55.9 Å². The van der Waals surface area contributed by atoms with Gasteiger partial charge in [-0.3, -0.25) is 9.36 Å². The van der Waals surface area contributed by atoms with Gasteiger partial charge in [0.2, 0.25) is 5.91 Å². The molecule has 0 spiro atoms. The highest BCUT2D eigenvalue weighted by molar-refractivity contribution is 7.99. The number of hydrogen-bond acceptors (Lipinski definition) is 6. The Bertz CT molecular complexity index is 1080. The molecular weight excluding hydrogens is 468 g/mol. The van der Waals surface area contributed by atoms with E-state index in [9.17, 15) is 13.2 Å². The van der Waals surface area contributed by atoms with Crippen molar-refractivity contribution >= 4 is 39.1 Å². The molecule has 1 amide bonds. The van der Waals surface area contributed by atoms with Crippen LogP contribution in [0.3, 0.4) is 0 Å². The van der Waals surface area contributed by atoms with Crippen LogP contribution in [0.1, 0.15) is 32.1 Å². The fourth-order valence-corrected chi connectivity index (χ4v) is 7.24. The lowest BCUT2D eigenvalue weighted by Crippen LogP contribution is -2.47. The van der Waals surface area contributed by atoms with E-state index in [2.05, 4.69) is 16.8 Å². The number of nitrogens with zero attached hydrogens (tertiary/aromatic N) is 4. The summed E-state index contributed by atoms with van der Waals surface area (Å²) in [6.07, 6.45) is 6.35. The van der Waals surface area contributed by atoms with Crippen LogP contribution in [0.25, 0.3) is 11.4 Å². The first-order valence-electron chi connectivity index (χ1n) is 10.8. The minimum Gasteiger partial charge on any atom is -0.335 e. The second-order valence-corrected chi connectivity index (χ2v) is 11.9. The molecule has 2 aliphatic rings. The van der Waals surface area contributed by atoms with Gasteiger partial charge in [0.05, 0.1) is 17.3 Å². The van der Waals surface area contributed by atoms with Crippen molar-refractivity contribution in [1.82, 2.24) is 19.7 Å². The number of benzene rings is 1. The Morgan fingerprint density at radius 1 is 1.19 bits per heavy atom. The summed E-state index contributed by atoms with van der Waals surface area (Å²) >= 11 is 7.34. The molecule has 2 aromatic rings. The molecule has 2 fully saturated rings. The SMILES string of the molecule is C=CCn1c(SCC(=O)N(C2CCCC2)C2CCS(=O)(=O)C2)nnc1-c1ccc(Cl)cc1. The summed E-state index contributed by atoms with van der Waals surface area (Å²) < 4.78 is 26.0. The van der Waals surface area contributed by atoms with Crippen LogP contribution in [-0.2, 0) is 21.2 Å². The number of thioether (sulfide) groups is 1. The predicted octanol–water partition coefficient (Wildman–Crippen LogP) is 3.83. The van der Waals surface area contributed by atoms with Gasteiger partial charge in [0.1, 0.15) is 0 Å². The van der Waals surface area contributed by atoms with Crippen LogP contribution in [0.5, 0.6) is 0 Å². The smallest absolute Gasteiger partial charge is 0.233 e. The Morgan fingerprint density at radius 2 is 1.91 bits per heavy atom. The number of halogens is 1. The topological polar surface area (TPSA) is 85.2 Å². The minimum absolute atomic E-state index is 0.0230. The fraction of sp³-hybridized carbons (Fsp3) is 0.500. The first-order valence-corrected chi connectivity index (χ1v) is 14.0. The molecule has 0 bridgehead atoms. The molecule has 1 aliphatic heterocycles. The van der Waals surface area contributed by atoms with E-state index in [1.165, 1.54) is 11.8 Å². The van der Waals surface area contributed by atoms with Gasteiger partial charge in [-0.1, -0.05) is 42.3 Å². The van der Waals surface area contributed by atoms with Gasteiger partial charge in [-0.25, -0.2) is 8.42 Å². The molecule has 1 saturated heterocycles. The van der Waals surface area contributed by atoms with Gasteiger partial charge < -0.3 is 4.90 Å². The van der Waals surface area contributed by atoms with E-state index in [0.717, 1.165) is 31.2 Å². The summed E-state index contributed by atoms with van der Waals surface area (Å²) in [5.74, 6) is 1.10. The van der Waals surface area contributed by atoms with Gasteiger partial charge in [-0.05, 0) is 43.5 Å². The average Bonchev–Trinajstić information content (AvgIpc) is 3.49. The fourth-order valence-electron chi connectivity index (χ4n) is 4.59. The van der Waals surface area contributed by atoms with Crippen molar-refractivity contribution in [2.24, 2.45) is 0 Å². The zero-order chi connectivity index (χ0) is 22.7. The number of sulfone groups is 1. The van der Waals surface area contributed by atoms with Crippen molar-refractivity contribution in [3.63, 3.8) is 0 Å². The highest BCUT2D eigenvalue weighted by atomic mass is 35.5. The molecule has 2 heterocycles. The summed E-state index contributed by atoms with van der Waals surface area (Å²) in [6, 6.07) is 7.29. The van der Waals surface area contributed by atoms with Gasteiger partial charge in [0.25, 0.3) is 0 Å². The molecule has 32 heavy (non-hydrogen) atoms. The van der Waals surface area contributed by atoms with Gasteiger partial charge in [-0.15, -0.1) is 16.8 Å².